The molecule has 0 saturated heterocycles. The Hall–Kier alpha value is -4.10. The third-order valence-electron chi connectivity index (χ3n) is 6.15. The second kappa shape index (κ2) is 9.87. The highest BCUT2D eigenvalue weighted by Gasteiger charge is 2.32. The minimum Gasteiger partial charge on any atom is -0.337 e. The van der Waals surface area contributed by atoms with Crippen molar-refractivity contribution in [1.82, 2.24) is 4.90 Å². The molecule has 1 aliphatic rings. The maximum atomic E-state index is 14.6. The molecular formula is C29H23FN2O3S. The number of nitrogens with zero attached hydrogens (tertiary/aromatic N) is 2. The zero-order valence-electron chi connectivity index (χ0n) is 19.6. The fourth-order valence-corrected chi connectivity index (χ4v) is 5.64. The summed E-state index contributed by atoms with van der Waals surface area (Å²) < 4.78 is 28.1. The number of fused-ring (bicyclic) bond motifs is 2. The van der Waals surface area contributed by atoms with Crippen LogP contribution >= 0.6 is 0 Å². The van der Waals surface area contributed by atoms with Crippen molar-refractivity contribution in [3.05, 3.63) is 125 Å². The first-order chi connectivity index (χ1) is 17.4. The first-order valence-electron chi connectivity index (χ1n) is 11.4. The van der Waals surface area contributed by atoms with Crippen molar-refractivity contribution in [2.24, 2.45) is 0 Å². The molecule has 0 fully saturated rings. The standard InChI is InChI=1S/C29H23FN2O3S/c1-31(18-20-9-3-2-4-10-20)28(33)21-15-16-27-25(17-21)32(19-22-11-5-7-13-24(22)30)29(34)23-12-6-8-14-26(23)36(27)35/h2-17H,18-19H2,1H3/t36-/m1/s1. The van der Waals surface area contributed by atoms with Gasteiger partial charge in [-0.2, -0.15) is 0 Å². The molecule has 7 heteroatoms. The molecule has 0 saturated carbocycles. The van der Waals surface area contributed by atoms with Crippen molar-refractivity contribution < 1.29 is 18.2 Å². The van der Waals surface area contributed by atoms with Crippen LogP contribution in [0.5, 0.6) is 0 Å². The van der Waals surface area contributed by atoms with E-state index in [0.717, 1.165) is 5.56 Å². The van der Waals surface area contributed by atoms with Crippen LogP contribution in [-0.2, 0) is 23.9 Å². The molecule has 0 aliphatic carbocycles. The van der Waals surface area contributed by atoms with Gasteiger partial charge in [0.2, 0.25) is 0 Å². The monoisotopic (exact) mass is 498 g/mol. The topological polar surface area (TPSA) is 57.7 Å². The number of anilines is 1. The molecule has 4 aromatic carbocycles. The van der Waals surface area contributed by atoms with Gasteiger partial charge in [-0.05, 0) is 42.0 Å². The fraction of sp³-hybridized carbons (Fsp3) is 0.103. The summed E-state index contributed by atoms with van der Waals surface area (Å²) in [5, 5.41) is 0. The molecule has 0 unspecified atom stereocenters. The molecule has 36 heavy (non-hydrogen) atoms. The summed E-state index contributed by atoms with van der Waals surface area (Å²) in [5.41, 5.74) is 2.27. The molecule has 1 aliphatic heterocycles. The zero-order chi connectivity index (χ0) is 25.2. The van der Waals surface area contributed by atoms with E-state index in [1.807, 2.05) is 30.3 Å². The summed E-state index contributed by atoms with van der Waals surface area (Å²) in [6.45, 7) is 0.341. The van der Waals surface area contributed by atoms with Crippen LogP contribution in [0.4, 0.5) is 10.1 Å². The third-order valence-corrected chi connectivity index (χ3v) is 7.65. The maximum Gasteiger partial charge on any atom is 0.259 e. The van der Waals surface area contributed by atoms with Gasteiger partial charge in [0.25, 0.3) is 11.8 Å². The van der Waals surface area contributed by atoms with E-state index in [1.54, 1.807) is 72.6 Å². The molecule has 180 valence electrons. The zero-order valence-corrected chi connectivity index (χ0v) is 20.4. The van der Waals surface area contributed by atoms with Gasteiger partial charge < -0.3 is 9.80 Å². The van der Waals surface area contributed by atoms with E-state index in [2.05, 4.69) is 0 Å². The average molecular weight is 499 g/mol. The summed E-state index contributed by atoms with van der Waals surface area (Å²) in [6, 6.07) is 27.4. The fourth-order valence-electron chi connectivity index (χ4n) is 4.30. The highest BCUT2D eigenvalue weighted by atomic mass is 32.2. The lowest BCUT2D eigenvalue weighted by molar-refractivity contribution is 0.0784. The summed E-state index contributed by atoms with van der Waals surface area (Å²) in [7, 11) is 0.0486. The lowest BCUT2D eigenvalue weighted by Crippen LogP contribution is -2.31. The van der Waals surface area contributed by atoms with Crippen LogP contribution in [0, 0.1) is 5.82 Å². The lowest BCUT2D eigenvalue weighted by atomic mass is 10.1. The third kappa shape index (κ3) is 4.45. The minimum absolute atomic E-state index is 0.0679. The SMILES string of the molecule is CN(Cc1ccccc1)C(=O)c1ccc2c(c1)N(Cc1ccccc1F)C(=O)c1ccccc1[S@]2=O. The van der Waals surface area contributed by atoms with Crippen LogP contribution < -0.4 is 4.90 Å². The van der Waals surface area contributed by atoms with Crippen molar-refractivity contribution >= 4 is 28.3 Å². The Balaban J connectivity index is 1.58. The van der Waals surface area contributed by atoms with Gasteiger partial charge in [0.1, 0.15) is 5.82 Å². The Morgan fingerprint density at radius 1 is 0.889 bits per heavy atom. The van der Waals surface area contributed by atoms with E-state index in [-0.39, 0.29) is 18.0 Å². The Morgan fingerprint density at radius 2 is 1.58 bits per heavy atom. The van der Waals surface area contributed by atoms with Crippen molar-refractivity contribution in [2.75, 3.05) is 11.9 Å². The first-order valence-corrected chi connectivity index (χ1v) is 12.6. The number of rotatable bonds is 5. The molecular weight excluding hydrogens is 475 g/mol. The number of hydrogen-bond donors (Lipinski definition) is 0. The van der Waals surface area contributed by atoms with Crippen LogP contribution in [0.3, 0.4) is 0 Å². The number of halogens is 1. The largest absolute Gasteiger partial charge is 0.337 e. The number of carbonyl (C=O) groups excluding carboxylic acids is 2. The molecule has 1 atom stereocenters. The van der Waals surface area contributed by atoms with E-state index in [9.17, 15) is 18.2 Å². The van der Waals surface area contributed by atoms with Crippen LogP contribution in [0.1, 0.15) is 31.8 Å². The number of carbonyl (C=O) groups is 2. The van der Waals surface area contributed by atoms with E-state index >= 15 is 0 Å². The molecule has 5 rings (SSSR count). The molecule has 0 spiro atoms. The molecule has 5 nitrogen and oxygen atoms in total. The number of amides is 2. The highest BCUT2D eigenvalue weighted by Crippen LogP contribution is 2.36. The number of benzene rings is 4. The Labute approximate surface area is 211 Å². The molecule has 0 aromatic heterocycles. The van der Waals surface area contributed by atoms with Gasteiger partial charge in [0.15, 0.2) is 0 Å². The van der Waals surface area contributed by atoms with E-state index in [1.165, 1.54) is 11.0 Å². The predicted octanol–water partition coefficient (Wildman–Crippen LogP) is 5.43. The molecule has 0 N–H and O–H groups in total. The predicted molar refractivity (Wildman–Crippen MR) is 137 cm³/mol. The molecule has 1 heterocycles. The van der Waals surface area contributed by atoms with Gasteiger partial charge in [0.05, 0.1) is 38.4 Å². The van der Waals surface area contributed by atoms with Crippen LogP contribution in [0.25, 0.3) is 0 Å². The summed E-state index contributed by atoms with van der Waals surface area (Å²) >= 11 is 0. The summed E-state index contributed by atoms with van der Waals surface area (Å²) in [4.78, 5) is 30.8. The first kappa shape index (κ1) is 23.6. The molecule has 0 radical (unpaired) electrons. The molecule has 0 bridgehead atoms. The summed E-state index contributed by atoms with van der Waals surface area (Å²) in [6.07, 6.45) is 0. The minimum atomic E-state index is -1.66. The van der Waals surface area contributed by atoms with Crippen molar-refractivity contribution in [3.8, 4) is 0 Å². The molecule has 2 amide bonds. The van der Waals surface area contributed by atoms with Gasteiger partial charge in [-0.1, -0.05) is 60.7 Å². The molecule has 4 aromatic rings. The van der Waals surface area contributed by atoms with E-state index in [4.69, 9.17) is 0 Å². The van der Waals surface area contributed by atoms with Crippen LogP contribution in [0.2, 0.25) is 0 Å². The van der Waals surface area contributed by atoms with Gasteiger partial charge in [-0.15, -0.1) is 0 Å². The quantitative estimate of drug-likeness (QED) is 0.369. The van der Waals surface area contributed by atoms with E-state index in [0.29, 0.717) is 33.2 Å². The van der Waals surface area contributed by atoms with Crippen LogP contribution in [-0.4, -0.2) is 28.0 Å². The normalized spacial score (nSPS) is 14.6. The highest BCUT2D eigenvalue weighted by molar-refractivity contribution is 7.85. The van der Waals surface area contributed by atoms with E-state index < -0.39 is 22.5 Å². The Kier molecular flexibility index (Phi) is 6.48. The van der Waals surface area contributed by atoms with Crippen LogP contribution in [0.15, 0.2) is 107 Å². The smallest absolute Gasteiger partial charge is 0.259 e. The van der Waals surface area contributed by atoms with Crippen molar-refractivity contribution in [2.45, 2.75) is 22.9 Å². The maximum absolute atomic E-state index is 14.6. The number of hydrogen-bond acceptors (Lipinski definition) is 3. The second-order valence-electron chi connectivity index (χ2n) is 8.58. The Bertz CT molecular complexity index is 1490. The summed E-state index contributed by atoms with van der Waals surface area (Å²) in [5.74, 6) is -1.09. The lowest BCUT2D eigenvalue weighted by Gasteiger charge is -2.24. The second-order valence-corrected chi connectivity index (χ2v) is 9.99. The van der Waals surface area contributed by atoms with Gasteiger partial charge in [0, 0.05) is 24.7 Å². The van der Waals surface area contributed by atoms with Gasteiger partial charge >= 0.3 is 0 Å². The van der Waals surface area contributed by atoms with Gasteiger partial charge in [-0.3, -0.25) is 9.59 Å². The van der Waals surface area contributed by atoms with Crippen molar-refractivity contribution in [3.63, 3.8) is 0 Å². The van der Waals surface area contributed by atoms with Crippen molar-refractivity contribution in [1.29, 1.82) is 0 Å². The average Bonchev–Trinajstić information content (AvgIpc) is 2.99. The van der Waals surface area contributed by atoms with Gasteiger partial charge in [-0.25, -0.2) is 8.60 Å². The Morgan fingerprint density at radius 3 is 2.36 bits per heavy atom.